The van der Waals surface area contributed by atoms with Crippen LogP contribution in [0, 0.1) is 34.4 Å². The third kappa shape index (κ3) is 4.60. The van der Waals surface area contributed by atoms with E-state index in [4.69, 9.17) is 4.74 Å². The number of ketones is 2. The molecule has 6 unspecified atom stereocenters. The molecule has 2 aromatic carbocycles. The number of ether oxygens (including phenoxy) is 1. The van der Waals surface area contributed by atoms with E-state index in [1.54, 1.807) is 0 Å². The van der Waals surface area contributed by atoms with Gasteiger partial charge in [-0.05, 0) is 104 Å². The first-order chi connectivity index (χ1) is 21.0. The topological polar surface area (TPSA) is 93.6 Å². The fourth-order valence-corrected chi connectivity index (χ4v) is 11.3. The van der Waals surface area contributed by atoms with Gasteiger partial charge < -0.3 is 9.84 Å². The number of nitrogens with zero attached hydrogens (tertiary/aromatic N) is 1. The van der Waals surface area contributed by atoms with Crippen molar-refractivity contribution in [2.24, 2.45) is 28.6 Å². The molecule has 6 nitrogen and oxygen atoms in total. The van der Waals surface area contributed by atoms with Crippen LogP contribution in [0.4, 0.5) is 4.39 Å². The number of fused-ring (bicyclic) bond motifs is 6. The van der Waals surface area contributed by atoms with Gasteiger partial charge in [0.25, 0.3) is 0 Å². The van der Waals surface area contributed by atoms with Gasteiger partial charge in [0.15, 0.2) is 21.5 Å². The summed E-state index contributed by atoms with van der Waals surface area (Å²) in [5.74, 6) is -0.890. The zero-order valence-electron chi connectivity index (χ0n) is 24.9. The third-order valence-electron chi connectivity index (χ3n) is 11.4. The molecule has 3 fully saturated rings. The number of Topliss-reactive ketones (excluding diaryl/α,β-unsaturated/α-hetero) is 1. The molecule has 1 heterocycles. The highest BCUT2D eigenvalue weighted by Crippen LogP contribution is 2.68. The quantitative estimate of drug-likeness (QED) is 0.227. The number of carbonyl (C=O) groups is 3. The Morgan fingerprint density at radius 1 is 1.09 bits per heavy atom. The van der Waals surface area contributed by atoms with Crippen molar-refractivity contribution in [1.29, 1.82) is 0 Å². The van der Waals surface area contributed by atoms with Crippen molar-refractivity contribution in [2.75, 3.05) is 5.75 Å². The van der Waals surface area contributed by atoms with Crippen molar-refractivity contribution in [3.8, 4) is 0 Å². The van der Waals surface area contributed by atoms with E-state index in [1.165, 1.54) is 47.4 Å². The van der Waals surface area contributed by atoms with Gasteiger partial charge in [-0.2, -0.15) is 0 Å². The number of benzene rings is 2. The van der Waals surface area contributed by atoms with Gasteiger partial charge in [0.1, 0.15) is 5.82 Å². The Morgan fingerprint density at radius 3 is 2.64 bits per heavy atom. The van der Waals surface area contributed by atoms with Gasteiger partial charge in [-0.1, -0.05) is 43.3 Å². The Bertz CT molecular complexity index is 1650. The number of thiazole rings is 1. The highest BCUT2D eigenvalue weighted by Gasteiger charge is 2.70. The summed E-state index contributed by atoms with van der Waals surface area (Å²) in [5.41, 5.74) is -0.295. The maximum Gasteiger partial charge on any atom is 0.339 e. The van der Waals surface area contributed by atoms with Gasteiger partial charge in [-0.3, -0.25) is 9.59 Å². The number of aliphatic hydroxyl groups excluding tert-OH is 1. The van der Waals surface area contributed by atoms with E-state index in [0.29, 0.717) is 25.7 Å². The molecule has 1 N–H and O–H groups in total. The van der Waals surface area contributed by atoms with E-state index < -0.39 is 28.9 Å². The molecular formula is C35H36FNO5S2. The minimum atomic E-state index is -1.45. The highest BCUT2D eigenvalue weighted by molar-refractivity contribution is 8.01. The molecule has 44 heavy (non-hydrogen) atoms. The van der Waals surface area contributed by atoms with Crippen LogP contribution < -0.4 is 0 Å². The van der Waals surface area contributed by atoms with E-state index in [-0.39, 0.29) is 46.1 Å². The molecular weight excluding hydrogens is 598 g/mol. The first-order valence-corrected chi connectivity index (χ1v) is 17.3. The number of hydrogen-bond acceptors (Lipinski definition) is 8. The smallest absolute Gasteiger partial charge is 0.339 e. The fourth-order valence-electron chi connectivity index (χ4n) is 9.32. The molecule has 0 spiro atoms. The molecule has 230 valence electrons. The summed E-state index contributed by atoms with van der Waals surface area (Å²) in [5, 5.41) is 12.0. The lowest BCUT2D eigenvalue weighted by molar-refractivity contribution is -0.180. The Kier molecular flexibility index (Phi) is 7.37. The molecule has 9 heteroatoms. The minimum Gasteiger partial charge on any atom is -0.447 e. The van der Waals surface area contributed by atoms with Crippen LogP contribution in [0.2, 0.25) is 0 Å². The van der Waals surface area contributed by atoms with Crippen molar-refractivity contribution < 1.29 is 28.6 Å². The van der Waals surface area contributed by atoms with Crippen molar-refractivity contribution in [3.05, 3.63) is 71.6 Å². The van der Waals surface area contributed by atoms with Crippen LogP contribution in [-0.4, -0.2) is 45.1 Å². The Morgan fingerprint density at radius 2 is 1.86 bits per heavy atom. The van der Waals surface area contributed by atoms with Crippen molar-refractivity contribution >= 4 is 50.9 Å². The second-order valence-electron chi connectivity index (χ2n) is 13.5. The van der Waals surface area contributed by atoms with Gasteiger partial charge in [0.05, 0.1) is 27.6 Å². The molecule has 0 radical (unpaired) electrons. The minimum absolute atomic E-state index is 0.0236. The van der Waals surface area contributed by atoms with Gasteiger partial charge >= 0.3 is 5.97 Å². The molecule has 0 saturated heterocycles. The monoisotopic (exact) mass is 633 g/mol. The van der Waals surface area contributed by atoms with Crippen LogP contribution >= 0.6 is 23.1 Å². The van der Waals surface area contributed by atoms with Gasteiger partial charge in [-0.25, -0.2) is 14.2 Å². The van der Waals surface area contributed by atoms with Crippen molar-refractivity contribution in [2.45, 2.75) is 74.8 Å². The number of halogens is 1. The summed E-state index contributed by atoms with van der Waals surface area (Å²) in [7, 11) is 0. The van der Waals surface area contributed by atoms with E-state index >= 15 is 0 Å². The Balaban J connectivity index is 1.23. The average molecular weight is 634 g/mol. The summed E-state index contributed by atoms with van der Waals surface area (Å²) in [6.07, 6.45) is 5.33. The highest BCUT2D eigenvalue weighted by atomic mass is 32.2. The lowest BCUT2D eigenvalue weighted by atomic mass is 9.45. The number of carbonyl (C=O) groups excluding carboxylic acids is 3. The van der Waals surface area contributed by atoms with Crippen molar-refractivity contribution in [3.63, 3.8) is 0 Å². The Hall–Kier alpha value is -2.88. The standard InChI is InChI=1S/C35H36FNO5S2/c1-33-15-13-23(38)17-21(33)9-12-24-25-14-16-35(34(25,2)18-27(39)30(24)33,42-31(41)20-7-10-22(36)11-8-20)29(40)19-43-32-37-26-5-3-4-6-28(26)44-32/h3-8,10-11,17,24-25,27,30,39H,9,12-16,18-19H2,1-2H3/t24?,25?,27?,30?,33?,34?,35-/m0/s1. The molecule has 7 atom stereocenters. The number of aromatic nitrogens is 1. The van der Waals surface area contributed by atoms with Crippen LogP contribution in [0.3, 0.4) is 0 Å². The first-order valence-electron chi connectivity index (χ1n) is 15.5. The summed E-state index contributed by atoms with van der Waals surface area (Å²) in [4.78, 5) is 45.2. The second-order valence-corrected chi connectivity index (χ2v) is 15.8. The number of esters is 1. The van der Waals surface area contributed by atoms with E-state index in [2.05, 4.69) is 11.9 Å². The molecule has 3 saturated carbocycles. The van der Waals surface area contributed by atoms with Gasteiger partial charge in [0.2, 0.25) is 0 Å². The lowest BCUT2D eigenvalue weighted by Gasteiger charge is -2.60. The van der Waals surface area contributed by atoms with E-state index in [9.17, 15) is 23.9 Å². The number of aliphatic hydroxyl groups is 1. The number of thioether (sulfide) groups is 1. The number of hydrogen-bond donors (Lipinski definition) is 1. The van der Waals surface area contributed by atoms with E-state index in [0.717, 1.165) is 39.4 Å². The van der Waals surface area contributed by atoms with E-state index in [1.807, 2.05) is 37.3 Å². The van der Waals surface area contributed by atoms with Crippen LogP contribution in [-0.2, 0) is 14.3 Å². The largest absolute Gasteiger partial charge is 0.447 e. The normalized spacial score (nSPS) is 34.5. The third-order valence-corrected chi connectivity index (χ3v) is 13.6. The SMILES string of the molecule is CC12CCC(=O)C=C1CCC1C2C(O)CC2(C)C1CC[C@]2(OC(=O)c1ccc(F)cc1)C(=O)CSc1nc2ccccc2s1. The van der Waals surface area contributed by atoms with Crippen molar-refractivity contribution in [1.82, 2.24) is 4.98 Å². The summed E-state index contributed by atoms with van der Waals surface area (Å²) < 4.78 is 21.9. The van der Waals surface area contributed by atoms with Crippen LogP contribution in [0.15, 0.2) is 64.5 Å². The maximum absolute atomic E-state index is 14.5. The molecule has 3 aromatic rings. The first kappa shape index (κ1) is 29.8. The maximum atomic E-state index is 14.5. The Labute approximate surface area is 264 Å². The average Bonchev–Trinajstić information content (AvgIpc) is 3.55. The molecule has 0 bridgehead atoms. The zero-order chi connectivity index (χ0) is 30.9. The molecule has 4 aliphatic rings. The predicted molar refractivity (Wildman–Crippen MR) is 168 cm³/mol. The molecule has 7 rings (SSSR count). The van der Waals surface area contributed by atoms with Crippen LogP contribution in [0.5, 0.6) is 0 Å². The number of para-hydroxylation sites is 1. The van der Waals surface area contributed by atoms with Crippen LogP contribution in [0.25, 0.3) is 10.2 Å². The number of rotatable bonds is 6. The van der Waals surface area contributed by atoms with Crippen LogP contribution in [0.1, 0.15) is 69.2 Å². The second kappa shape index (κ2) is 10.9. The summed E-state index contributed by atoms with van der Waals surface area (Å²) >= 11 is 2.88. The zero-order valence-corrected chi connectivity index (χ0v) is 26.5. The molecule has 0 aliphatic heterocycles. The van der Waals surface area contributed by atoms with Gasteiger partial charge in [-0.15, -0.1) is 11.3 Å². The fraction of sp³-hybridized carbons (Fsp3) is 0.486. The predicted octanol–water partition coefficient (Wildman–Crippen LogP) is 7.20. The summed E-state index contributed by atoms with van der Waals surface area (Å²) in [6, 6.07) is 13.0. The lowest BCUT2D eigenvalue weighted by Crippen LogP contribution is -2.63. The summed E-state index contributed by atoms with van der Waals surface area (Å²) in [6.45, 7) is 4.23. The molecule has 1 aromatic heterocycles. The molecule has 0 amide bonds. The number of allylic oxidation sites excluding steroid dienone is 1. The van der Waals surface area contributed by atoms with Gasteiger partial charge in [0, 0.05) is 11.8 Å². The molecule has 4 aliphatic carbocycles.